The maximum absolute atomic E-state index is 12.9. The van der Waals surface area contributed by atoms with Gasteiger partial charge in [-0.1, -0.05) is 18.5 Å². The van der Waals surface area contributed by atoms with E-state index in [9.17, 15) is 8.42 Å². The highest BCUT2D eigenvalue weighted by Gasteiger charge is 2.40. The van der Waals surface area contributed by atoms with E-state index < -0.39 is 10.0 Å². The molecule has 7 heteroatoms. The number of hydrogen-bond donors (Lipinski definition) is 1. The van der Waals surface area contributed by atoms with Crippen LogP contribution in [0, 0.1) is 6.92 Å². The summed E-state index contributed by atoms with van der Waals surface area (Å²) in [4.78, 5) is 0. The quantitative estimate of drug-likeness (QED) is 0.910. The maximum Gasteiger partial charge on any atom is 0.252 e. The van der Waals surface area contributed by atoms with Crippen LogP contribution in [0.5, 0.6) is 0 Å². The molecule has 0 saturated carbocycles. The molecule has 2 atom stereocenters. The molecule has 2 fully saturated rings. The Kier molecular flexibility index (Phi) is 4.36. The van der Waals surface area contributed by atoms with Crippen LogP contribution in [0.1, 0.15) is 38.2 Å². The van der Waals surface area contributed by atoms with E-state index in [0.29, 0.717) is 27.2 Å². The van der Waals surface area contributed by atoms with E-state index in [1.54, 1.807) is 10.4 Å². The van der Waals surface area contributed by atoms with Crippen molar-refractivity contribution in [1.29, 1.82) is 0 Å². The summed E-state index contributed by atoms with van der Waals surface area (Å²) in [6.07, 6.45) is 4.18. The van der Waals surface area contributed by atoms with Crippen molar-refractivity contribution in [3.63, 3.8) is 0 Å². The molecule has 0 aliphatic carbocycles. The van der Waals surface area contributed by atoms with E-state index in [1.807, 2.05) is 13.8 Å². The molecule has 0 radical (unpaired) electrons. The predicted octanol–water partition coefficient (Wildman–Crippen LogP) is 3.00. The summed E-state index contributed by atoms with van der Waals surface area (Å²) in [6.45, 7) is 4.28. The van der Waals surface area contributed by atoms with Crippen molar-refractivity contribution < 1.29 is 8.42 Å². The molecule has 1 aromatic rings. The largest absolute Gasteiger partial charge is 0.311 e. The van der Waals surface area contributed by atoms with Crippen molar-refractivity contribution >= 4 is 33.0 Å². The van der Waals surface area contributed by atoms with Gasteiger partial charge in [0.05, 0.1) is 4.34 Å². The molecule has 0 amide bonds. The summed E-state index contributed by atoms with van der Waals surface area (Å²) < 4.78 is 28.5. The number of rotatable bonds is 4. The Balaban J connectivity index is 1.88. The number of nitrogens with zero attached hydrogens (tertiary/aromatic N) is 1. The number of nitrogens with one attached hydrogen (secondary N) is 1. The van der Waals surface area contributed by atoms with E-state index >= 15 is 0 Å². The molecule has 2 unspecified atom stereocenters. The smallest absolute Gasteiger partial charge is 0.252 e. The molecule has 0 spiro atoms. The minimum Gasteiger partial charge on any atom is -0.311 e. The molecule has 118 valence electrons. The maximum atomic E-state index is 12.9. The summed E-state index contributed by atoms with van der Waals surface area (Å²) >= 11 is 7.22. The molecule has 2 aliphatic rings. The molecule has 3 heterocycles. The average Bonchev–Trinajstić information content (AvgIpc) is 2.94. The van der Waals surface area contributed by atoms with Crippen LogP contribution in [0.2, 0.25) is 4.34 Å². The van der Waals surface area contributed by atoms with Gasteiger partial charge in [-0.15, -0.1) is 11.3 Å². The zero-order valence-electron chi connectivity index (χ0n) is 12.3. The number of fused-ring (bicyclic) bond motifs is 2. The highest BCUT2D eigenvalue weighted by molar-refractivity contribution is 7.91. The summed E-state index contributed by atoms with van der Waals surface area (Å²) in [6, 6.07) is 2.76. The topological polar surface area (TPSA) is 49.4 Å². The Morgan fingerprint density at radius 2 is 2.00 bits per heavy atom. The lowest BCUT2D eigenvalue weighted by Crippen LogP contribution is -2.49. The monoisotopic (exact) mass is 348 g/mol. The molecule has 3 rings (SSSR count). The summed E-state index contributed by atoms with van der Waals surface area (Å²) in [5.41, 5.74) is 0.835. The molecule has 1 aromatic heterocycles. The molecule has 4 nitrogen and oxygen atoms in total. The summed E-state index contributed by atoms with van der Waals surface area (Å²) in [7, 11) is -3.43. The molecule has 0 aromatic carbocycles. The van der Waals surface area contributed by atoms with Gasteiger partial charge in [-0.05, 0) is 44.2 Å². The Morgan fingerprint density at radius 1 is 1.38 bits per heavy atom. The summed E-state index contributed by atoms with van der Waals surface area (Å²) in [5.74, 6) is 0. The molecular formula is C14H21ClN2O2S2. The predicted molar refractivity (Wildman–Crippen MR) is 86.6 cm³/mol. The van der Waals surface area contributed by atoms with Crippen LogP contribution in [-0.4, -0.2) is 37.4 Å². The molecular weight excluding hydrogens is 328 g/mol. The van der Waals surface area contributed by atoms with Crippen molar-refractivity contribution in [1.82, 2.24) is 9.62 Å². The van der Waals surface area contributed by atoms with Crippen LogP contribution < -0.4 is 5.32 Å². The normalized spacial score (nSPS) is 29.2. The van der Waals surface area contributed by atoms with Gasteiger partial charge >= 0.3 is 0 Å². The van der Waals surface area contributed by atoms with E-state index in [-0.39, 0.29) is 6.04 Å². The van der Waals surface area contributed by atoms with Crippen molar-refractivity contribution in [2.45, 2.75) is 61.9 Å². The minimum absolute atomic E-state index is 0.111. The first-order chi connectivity index (χ1) is 9.91. The Bertz CT molecular complexity index is 597. The lowest BCUT2D eigenvalue weighted by molar-refractivity contribution is 0.232. The van der Waals surface area contributed by atoms with Crippen LogP contribution in [0.15, 0.2) is 10.3 Å². The number of aryl methyl sites for hydroxylation is 1. The van der Waals surface area contributed by atoms with Gasteiger partial charge in [0.1, 0.15) is 4.21 Å². The Hall–Kier alpha value is -0.140. The fraction of sp³-hybridized carbons (Fsp3) is 0.714. The number of sulfonamides is 1. The first-order valence-electron chi connectivity index (χ1n) is 7.45. The Labute approximate surface area is 135 Å². The molecule has 1 N–H and O–H groups in total. The number of thiophene rings is 1. The molecule has 2 bridgehead atoms. The number of piperidine rings is 1. The second kappa shape index (κ2) is 5.81. The van der Waals surface area contributed by atoms with E-state index in [0.717, 1.165) is 18.4 Å². The second-order valence-electron chi connectivity index (χ2n) is 5.99. The zero-order valence-corrected chi connectivity index (χ0v) is 14.7. The fourth-order valence-corrected chi connectivity index (χ4v) is 7.05. The lowest BCUT2D eigenvalue weighted by Gasteiger charge is -2.36. The fourth-order valence-electron chi connectivity index (χ4n) is 3.56. The number of halogens is 1. The van der Waals surface area contributed by atoms with Gasteiger partial charge in [-0.3, -0.25) is 0 Å². The third-order valence-corrected chi connectivity index (χ3v) is 8.60. The third-order valence-electron chi connectivity index (χ3n) is 4.56. The van der Waals surface area contributed by atoms with Gasteiger partial charge in [0.25, 0.3) is 10.0 Å². The van der Waals surface area contributed by atoms with Crippen molar-refractivity contribution in [2.75, 3.05) is 6.54 Å². The second-order valence-corrected chi connectivity index (χ2v) is 9.77. The van der Waals surface area contributed by atoms with Gasteiger partial charge < -0.3 is 5.32 Å². The van der Waals surface area contributed by atoms with Gasteiger partial charge in [-0.2, -0.15) is 4.31 Å². The first kappa shape index (κ1) is 15.7. The van der Waals surface area contributed by atoms with Crippen LogP contribution in [0.4, 0.5) is 0 Å². The van der Waals surface area contributed by atoms with Crippen molar-refractivity contribution in [3.05, 3.63) is 16.0 Å². The highest BCUT2D eigenvalue weighted by atomic mass is 35.5. The van der Waals surface area contributed by atoms with Crippen LogP contribution in [0.3, 0.4) is 0 Å². The summed E-state index contributed by atoms with van der Waals surface area (Å²) in [5, 5.41) is 3.56. The zero-order chi connectivity index (χ0) is 15.2. The lowest BCUT2D eigenvalue weighted by atomic mass is 10.00. The van der Waals surface area contributed by atoms with Gasteiger partial charge in [-0.25, -0.2) is 8.42 Å². The Morgan fingerprint density at radius 3 is 2.48 bits per heavy atom. The minimum atomic E-state index is -3.43. The number of hydrogen-bond acceptors (Lipinski definition) is 4. The van der Waals surface area contributed by atoms with Crippen LogP contribution >= 0.6 is 22.9 Å². The molecule has 2 aliphatic heterocycles. The van der Waals surface area contributed by atoms with Crippen molar-refractivity contribution in [2.24, 2.45) is 0 Å². The SMILES string of the molecule is CCN(C1CC2CCC(C1)N2)S(=O)(=O)c1cc(C)c(Cl)s1. The van der Waals surface area contributed by atoms with Crippen LogP contribution in [0.25, 0.3) is 0 Å². The third kappa shape index (κ3) is 2.88. The van der Waals surface area contributed by atoms with Crippen LogP contribution in [-0.2, 0) is 10.0 Å². The van der Waals surface area contributed by atoms with Gasteiger partial charge in [0.15, 0.2) is 0 Å². The van der Waals surface area contributed by atoms with Crippen molar-refractivity contribution in [3.8, 4) is 0 Å². The van der Waals surface area contributed by atoms with E-state index in [4.69, 9.17) is 11.6 Å². The average molecular weight is 349 g/mol. The van der Waals surface area contributed by atoms with E-state index in [2.05, 4.69) is 5.32 Å². The molecule has 21 heavy (non-hydrogen) atoms. The van der Waals surface area contributed by atoms with Gasteiger partial charge in [0, 0.05) is 24.7 Å². The highest BCUT2D eigenvalue weighted by Crippen LogP contribution is 2.36. The van der Waals surface area contributed by atoms with E-state index in [1.165, 1.54) is 24.2 Å². The first-order valence-corrected chi connectivity index (χ1v) is 10.1. The van der Waals surface area contributed by atoms with Gasteiger partial charge in [0.2, 0.25) is 0 Å². The standard InChI is InChI=1S/C14H21ClN2O2S2/c1-3-17(12-7-10-4-5-11(8-12)16-10)21(18,19)13-6-9(2)14(15)20-13/h6,10-12,16H,3-5,7-8H2,1-2H3. The molecule has 2 saturated heterocycles.